The lowest BCUT2D eigenvalue weighted by atomic mass is 10.2. The third-order valence-corrected chi connectivity index (χ3v) is 5.28. The molecule has 1 heterocycles. The molecule has 5 heteroatoms. The van der Waals surface area contributed by atoms with Crippen molar-refractivity contribution in [3.05, 3.63) is 75.8 Å². The van der Waals surface area contributed by atoms with E-state index in [1.807, 2.05) is 29.6 Å². The second-order valence-electron chi connectivity index (χ2n) is 6.03. The lowest BCUT2D eigenvalue weighted by Crippen LogP contribution is -2.27. The maximum Gasteiger partial charge on any atom is 0.228 e. The van der Waals surface area contributed by atoms with Gasteiger partial charge >= 0.3 is 0 Å². The molecule has 0 saturated heterocycles. The van der Waals surface area contributed by atoms with Crippen LogP contribution in [-0.4, -0.2) is 22.8 Å². The first-order chi connectivity index (χ1) is 12.0. The average Bonchev–Trinajstić information content (AvgIpc) is 3.06. The Morgan fingerprint density at radius 2 is 1.88 bits per heavy atom. The largest absolute Gasteiger partial charge is 0.341 e. The van der Waals surface area contributed by atoms with Crippen LogP contribution < -0.4 is 0 Å². The van der Waals surface area contributed by atoms with Crippen LogP contribution in [0.5, 0.6) is 0 Å². The van der Waals surface area contributed by atoms with Crippen LogP contribution in [0.1, 0.15) is 16.8 Å². The predicted octanol–water partition coefficient (Wildman–Crippen LogP) is 4.97. The normalized spacial score (nSPS) is 10.7. The monoisotopic (exact) mass is 370 g/mol. The molecule has 0 atom stereocenters. The number of aryl methyl sites for hydroxylation is 1. The van der Waals surface area contributed by atoms with Crippen molar-refractivity contribution in [1.82, 2.24) is 9.88 Å². The number of thiazole rings is 1. The zero-order valence-corrected chi connectivity index (χ0v) is 15.8. The van der Waals surface area contributed by atoms with E-state index in [0.29, 0.717) is 18.0 Å². The zero-order chi connectivity index (χ0) is 17.8. The minimum atomic E-state index is 0.0284. The van der Waals surface area contributed by atoms with E-state index in [0.717, 1.165) is 21.8 Å². The maximum absolute atomic E-state index is 12.5. The maximum atomic E-state index is 12.5. The number of aromatic nitrogens is 1. The van der Waals surface area contributed by atoms with Gasteiger partial charge in [0.2, 0.25) is 5.91 Å². The number of benzene rings is 2. The molecule has 0 aliphatic heterocycles. The van der Waals surface area contributed by atoms with Crippen LogP contribution in [0, 0.1) is 6.92 Å². The van der Waals surface area contributed by atoms with E-state index in [9.17, 15) is 4.79 Å². The highest BCUT2D eigenvalue weighted by Crippen LogP contribution is 2.24. The van der Waals surface area contributed by atoms with Crippen molar-refractivity contribution in [2.45, 2.75) is 19.9 Å². The Morgan fingerprint density at radius 3 is 2.60 bits per heavy atom. The molecule has 0 bridgehead atoms. The molecule has 2 aromatic carbocycles. The summed E-state index contributed by atoms with van der Waals surface area (Å²) in [4.78, 5) is 18.8. The Bertz CT molecular complexity index is 873. The highest BCUT2D eigenvalue weighted by atomic mass is 35.5. The fraction of sp³-hybridized carbons (Fsp3) is 0.200. The summed E-state index contributed by atoms with van der Waals surface area (Å²) in [5.74, 6) is 0.0284. The number of likely N-dealkylation sites (N-methyl/N-ethyl adjacent to an activating group) is 1. The molecule has 0 fully saturated rings. The van der Waals surface area contributed by atoms with Gasteiger partial charge in [-0.2, -0.15) is 0 Å². The quantitative estimate of drug-likeness (QED) is 0.635. The molecule has 0 saturated carbocycles. The summed E-state index contributed by atoms with van der Waals surface area (Å²) in [5.41, 5.74) is 4.05. The van der Waals surface area contributed by atoms with Gasteiger partial charge in [0.1, 0.15) is 5.01 Å². The van der Waals surface area contributed by atoms with Gasteiger partial charge in [-0.3, -0.25) is 4.79 Å². The van der Waals surface area contributed by atoms with Crippen molar-refractivity contribution in [3.8, 4) is 10.6 Å². The van der Waals surface area contributed by atoms with Gasteiger partial charge in [0.05, 0.1) is 12.1 Å². The Labute approximate surface area is 156 Å². The molecule has 0 N–H and O–H groups in total. The third kappa shape index (κ3) is 4.47. The Morgan fingerprint density at radius 1 is 1.16 bits per heavy atom. The minimum absolute atomic E-state index is 0.0284. The topological polar surface area (TPSA) is 33.2 Å². The number of rotatable bonds is 5. The number of nitrogens with zero attached hydrogens (tertiary/aromatic N) is 2. The third-order valence-electron chi connectivity index (χ3n) is 3.97. The molecule has 0 spiro atoms. The summed E-state index contributed by atoms with van der Waals surface area (Å²) in [7, 11) is 1.79. The smallest absolute Gasteiger partial charge is 0.228 e. The second-order valence-corrected chi connectivity index (χ2v) is 7.29. The molecule has 25 heavy (non-hydrogen) atoms. The molecule has 128 valence electrons. The summed E-state index contributed by atoms with van der Waals surface area (Å²) in [6, 6.07) is 15.8. The number of halogens is 1. The van der Waals surface area contributed by atoms with Crippen LogP contribution >= 0.6 is 22.9 Å². The van der Waals surface area contributed by atoms with Crippen LogP contribution in [0.2, 0.25) is 5.02 Å². The number of carbonyl (C=O) groups is 1. The highest BCUT2D eigenvalue weighted by molar-refractivity contribution is 7.13. The highest BCUT2D eigenvalue weighted by Gasteiger charge is 2.14. The zero-order valence-electron chi connectivity index (χ0n) is 14.2. The second kappa shape index (κ2) is 7.81. The van der Waals surface area contributed by atoms with Crippen LogP contribution in [0.4, 0.5) is 0 Å². The van der Waals surface area contributed by atoms with Gasteiger partial charge in [-0.15, -0.1) is 11.3 Å². The van der Waals surface area contributed by atoms with Crippen LogP contribution in [0.25, 0.3) is 10.6 Å². The van der Waals surface area contributed by atoms with Gasteiger partial charge in [0, 0.05) is 29.6 Å². The van der Waals surface area contributed by atoms with Gasteiger partial charge in [0.15, 0.2) is 0 Å². The van der Waals surface area contributed by atoms with E-state index in [1.54, 1.807) is 23.3 Å². The standard InChI is InChI=1S/C20H19ClN2OS/c1-14-7-9-15(10-8-14)20-22-17(13-25-20)11-19(24)23(2)12-16-5-3-4-6-18(16)21/h3-10,13H,11-12H2,1-2H3. The predicted molar refractivity (Wildman–Crippen MR) is 104 cm³/mol. The summed E-state index contributed by atoms with van der Waals surface area (Å²) in [5, 5.41) is 3.57. The summed E-state index contributed by atoms with van der Waals surface area (Å²) in [6.07, 6.45) is 0.295. The molecular formula is C20H19ClN2OS. The Kier molecular flexibility index (Phi) is 5.51. The van der Waals surface area contributed by atoms with Gasteiger partial charge in [-0.1, -0.05) is 59.6 Å². The van der Waals surface area contributed by atoms with Gasteiger partial charge in [-0.25, -0.2) is 4.98 Å². The molecule has 3 rings (SSSR count). The minimum Gasteiger partial charge on any atom is -0.341 e. The summed E-state index contributed by atoms with van der Waals surface area (Å²) in [6.45, 7) is 2.55. The van der Waals surface area contributed by atoms with E-state index in [-0.39, 0.29) is 5.91 Å². The van der Waals surface area contributed by atoms with Crippen molar-refractivity contribution in [3.63, 3.8) is 0 Å². The number of amides is 1. The average molecular weight is 371 g/mol. The number of carbonyl (C=O) groups excluding carboxylic acids is 1. The molecule has 0 radical (unpaired) electrons. The lowest BCUT2D eigenvalue weighted by Gasteiger charge is -2.17. The molecule has 0 unspecified atom stereocenters. The first-order valence-corrected chi connectivity index (χ1v) is 9.27. The Balaban J connectivity index is 1.65. The van der Waals surface area contributed by atoms with E-state index in [2.05, 4.69) is 36.2 Å². The molecule has 1 aromatic heterocycles. The van der Waals surface area contributed by atoms with E-state index in [4.69, 9.17) is 11.6 Å². The first kappa shape index (κ1) is 17.6. The van der Waals surface area contributed by atoms with Crippen molar-refractivity contribution >= 4 is 28.8 Å². The molecule has 3 aromatic rings. The van der Waals surface area contributed by atoms with Crippen molar-refractivity contribution in [1.29, 1.82) is 0 Å². The number of hydrogen-bond donors (Lipinski definition) is 0. The van der Waals surface area contributed by atoms with Gasteiger partial charge in [-0.05, 0) is 18.6 Å². The summed E-state index contributed by atoms with van der Waals surface area (Å²) >= 11 is 7.73. The fourth-order valence-corrected chi connectivity index (χ4v) is 3.50. The molecule has 0 aliphatic rings. The van der Waals surface area contributed by atoms with Crippen LogP contribution in [0.15, 0.2) is 53.9 Å². The van der Waals surface area contributed by atoms with Crippen molar-refractivity contribution < 1.29 is 4.79 Å². The summed E-state index contributed by atoms with van der Waals surface area (Å²) < 4.78 is 0. The van der Waals surface area contributed by atoms with E-state index in [1.165, 1.54) is 5.56 Å². The molecular weight excluding hydrogens is 352 g/mol. The van der Waals surface area contributed by atoms with Crippen molar-refractivity contribution in [2.75, 3.05) is 7.05 Å². The lowest BCUT2D eigenvalue weighted by molar-refractivity contribution is -0.129. The Hall–Kier alpha value is -2.17. The van der Waals surface area contributed by atoms with Gasteiger partial charge < -0.3 is 4.90 Å². The van der Waals surface area contributed by atoms with Gasteiger partial charge in [0.25, 0.3) is 0 Å². The molecule has 1 amide bonds. The SMILES string of the molecule is Cc1ccc(-c2nc(CC(=O)N(C)Cc3ccccc3Cl)cs2)cc1. The molecule has 3 nitrogen and oxygen atoms in total. The van der Waals surface area contributed by atoms with Crippen LogP contribution in [0.3, 0.4) is 0 Å². The van der Waals surface area contributed by atoms with Crippen molar-refractivity contribution in [2.24, 2.45) is 0 Å². The van der Waals surface area contributed by atoms with E-state index >= 15 is 0 Å². The first-order valence-electron chi connectivity index (χ1n) is 8.02. The number of hydrogen-bond acceptors (Lipinski definition) is 3. The molecule has 0 aliphatic carbocycles. The van der Waals surface area contributed by atoms with Crippen LogP contribution in [-0.2, 0) is 17.8 Å². The van der Waals surface area contributed by atoms with E-state index < -0.39 is 0 Å². The fourth-order valence-electron chi connectivity index (χ4n) is 2.48.